The standard InChI is InChI=1S/C57H35N3S/c1-2-12-36(13-3-1)41-30-26-38-27-31-42(35-43(38)34-41)37-24-28-40(29-25-37)55-58-56(60-57(59-55)52-22-11-21-50-49-19-8-9-23-53(49)61-54(50)52)51-33-32-48(46-17-6-7-18-47(46)51)45-20-10-15-39-14-4-5-16-44(39)45/h1-35H. The van der Waals surface area contributed by atoms with Crippen LogP contribution in [0.25, 0.3) is 120 Å². The molecule has 4 heteroatoms. The zero-order valence-corrected chi connectivity index (χ0v) is 33.8. The summed E-state index contributed by atoms with van der Waals surface area (Å²) in [5, 5.41) is 9.59. The zero-order chi connectivity index (χ0) is 40.3. The van der Waals surface area contributed by atoms with E-state index in [4.69, 9.17) is 15.0 Å². The molecule has 284 valence electrons. The second-order valence-corrected chi connectivity index (χ2v) is 16.6. The van der Waals surface area contributed by atoms with Gasteiger partial charge in [0.15, 0.2) is 17.5 Å². The van der Waals surface area contributed by atoms with Crippen LogP contribution in [0.2, 0.25) is 0 Å². The van der Waals surface area contributed by atoms with Crippen LogP contribution in [-0.2, 0) is 0 Å². The molecule has 0 bridgehead atoms. The van der Waals surface area contributed by atoms with Gasteiger partial charge in [-0.05, 0) is 96.0 Å². The maximum absolute atomic E-state index is 5.33. The SMILES string of the molecule is c1ccc(-c2ccc3ccc(-c4ccc(-c5nc(-c6ccc(-c7cccc8ccccc78)c7ccccc67)nc(-c6cccc7c6sc6ccccc67)n5)cc4)cc3c2)cc1. The maximum atomic E-state index is 5.33. The van der Waals surface area contributed by atoms with Crippen LogP contribution < -0.4 is 0 Å². The number of rotatable bonds is 6. The normalized spacial score (nSPS) is 11.6. The van der Waals surface area contributed by atoms with Crippen LogP contribution in [0.5, 0.6) is 0 Å². The van der Waals surface area contributed by atoms with Crippen LogP contribution in [0.4, 0.5) is 0 Å². The zero-order valence-electron chi connectivity index (χ0n) is 33.0. The molecule has 0 saturated carbocycles. The first kappa shape index (κ1) is 35.2. The lowest BCUT2D eigenvalue weighted by molar-refractivity contribution is 1.08. The molecule has 0 unspecified atom stereocenters. The Morgan fingerprint density at radius 1 is 0.262 bits per heavy atom. The summed E-state index contributed by atoms with van der Waals surface area (Å²) in [7, 11) is 0. The average Bonchev–Trinajstić information content (AvgIpc) is 3.72. The minimum absolute atomic E-state index is 0.637. The van der Waals surface area contributed by atoms with Gasteiger partial charge in [-0.25, -0.2) is 15.0 Å². The van der Waals surface area contributed by atoms with Gasteiger partial charge < -0.3 is 0 Å². The van der Waals surface area contributed by atoms with Gasteiger partial charge in [-0.3, -0.25) is 0 Å². The fourth-order valence-electron chi connectivity index (χ4n) is 8.91. The van der Waals surface area contributed by atoms with Crippen LogP contribution in [0.3, 0.4) is 0 Å². The number of fused-ring (bicyclic) bond motifs is 6. The fraction of sp³-hybridized carbons (Fsp3) is 0. The van der Waals surface area contributed by atoms with Gasteiger partial charge in [-0.2, -0.15) is 0 Å². The quantitative estimate of drug-likeness (QED) is 0.168. The summed E-state index contributed by atoms with van der Waals surface area (Å²) in [5.74, 6) is 1.94. The van der Waals surface area contributed by atoms with Gasteiger partial charge in [0, 0.05) is 36.9 Å². The third kappa shape index (κ3) is 6.16. The van der Waals surface area contributed by atoms with Crippen molar-refractivity contribution < 1.29 is 0 Å². The van der Waals surface area contributed by atoms with Gasteiger partial charge in [0.05, 0.1) is 0 Å². The second kappa shape index (κ2) is 14.5. The lowest BCUT2D eigenvalue weighted by atomic mass is 9.92. The molecule has 0 spiro atoms. The topological polar surface area (TPSA) is 38.7 Å². The third-order valence-corrected chi connectivity index (χ3v) is 13.2. The van der Waals surface area contributed by atoms with Gasteiger partial charge in [0.25, 0.3) is 0 Å². The molecule has 0 atom stereocenters. The van der Waals surface area contributed by atoms with Crippen molar-refractivity contribution >= 4 is 63.8 Å². The molecule has 12 aromatic rings. The molecule has 10 aromatic carbocycles. The molecule has 0 N–H and O–H groups in total. The number of nitrogens with zero attached hydrogens (tertiary/aromatic N) is 3. The van der Waals surface area contributed by atoms with Crippen molar-refractivity contribution in [2.75, 3.05) is 0 Å². The Labute approximate surface area is 356 Å². The molecule has 12 rings (SSSR count). The highest BCUT2D eigenvalue weighted by Crippen LogP contribution is 2.42. The molecule has 0 aliphatic heterocycles. The van der Waals surface area contributed by atoms with Gasteiger partial charge in [0.2, 0.25) is 0 Å². The first-order valence-corrected chi connectivity index (χ1v) is 21.4. The number of thiophene rings is 1. The molecule has 3 nitrogen and oxygen atoms in total. The fourth-order valence-corrected chi connectivity index (χ4v) is 10.1. The molecule has 0 aliphatic rings. The summed E-state index contributed by atoms with van der Waals surface area (Å²) >= 11 is 1.79. The number of aromatic nitrogens is 3. The van der Waals surface area contributed by atoms with Crippen LogP contribution in [-0.4, -0.2) is 15.0 Å². The van der Waals surface area contributed by atoms with Crippen molar-refractivity contribution in [3.63, 3.8) is 0 Å². The van der Waals surface area contributed by atoms with Gasteiger partial charge in [-0.15, -0.1) is 11.3 Å². The Morgan fingerprint density at radius 3 is 1.56 bits per heavy atom. The van der Waals surface area contributed by atoms with Crippen LogP contribution >= 0.6 is 11.3 Å². The highest BCUT2D eigenvalue weighted by atomic mass is 32.1. The average molecular weight is 794 g/mol. The van der Waals surface area contributed by atoms with E-state index in [2.05, 4.69) is 212 Å². The molecule has 0 amide bonds. The van der Waals surface area contributed by atoms with Crippen molar-refractivity contribution in [3.8, 4) is 67.5 Å². The van der Waals surface area contributed by atoms with Crippen molar-refractivity contribution in [2.45, 2.75) is 0 Å². The van der Waals surface area contributed by atoms with Crippen molar-refractivity contribution in [2.24, 2.45) is 0 Å². The Morgan fingerprint density at radius 2 is 0.770 bits per heavy atom. The lowest BCUT2D eigenvalue weighted by Crippen LogP contribution is -2.01. The molecular formula is C57H35N3S. The minimum atomic E-state index is 0.637. The summed E-state index contributed by atoms with van der Waals surface area (Å²) in [6.45, 7) is 0. The van der Waals surface area contributed by atoms with Crippen LogP contribution in [0, 0.1) is 0 Å². The Kier molecular flexibility index (Phi) is 8.36. The predicted molar refractivity (Wildman–Crippen MR) is 258 cm³/mol. The van der Waals surface area contributed by atoms with Gasteiger partial charge >= 0.3 is 0 Å². The Hall–Kier alpha value is -7.79. The van der Waals surface area contributed by atoms with Crippen LogP contribution in [0.1, 0.15) is 0 Å². The molecule has 2 heterocycles. The summed E-state index contributed by atoms with van der Waals surface area (Å²) in [4.78, 5) is 15.9. The molecular weight excluding hydrogens is 759 g/mol. The van der Waals surface area contributed by atoms with E-state index in [9.17, 15) is 0 Å². The molecule has 0 saturated heterocycles. The molecule has 0 aliphatic carbocycles. The van der Waals surface area contributed by atoms with E-state index in [0.717, 1.165) is 38.6 Å². The monoisotopic (exact) mass is 793 g/mol. The molecule has 0 radical (unpaired) electrons. The molecule has 2 aromatic heterocycles. The van der Waals surface area contributed by atoms with Gasteiger partial charge in [-0.1, -0.05) is 182 Å². The van der Waals surface area contributed by atoms with E-state index in [1.165, 1.54) is 64.0 Å². The summed E-state index contributed by atoms with van der Waals surface area (Å²) in [5.41, 5.74) is 10.0. The maximum Gasteiger partial charge on any atom is 0.165 e. The van der Waals surface area contributed by atoms with Crippen molar-refractivity contribution in [1.29, 1.82) is 0 Å². The largest absolute Gasteiger partial charge is 0.208 e. The third-order valence-electron chi connectivity index (χ3n) is 11.9. The molecule has 61 heavy (non-hydrogen) atoms. The Bertz CT molecular complexity index is 3640. The first-order chi connectivity index (χ1) is 30.2. The summed E-state index contributed by atoms with van der Waals surface area (Å²) in [6.07, 6.45) is 0. The highest BCUT2D eigenvalue weighted by molar-refractivity contribution is 7.26. The van der Waals surface area contributed by atoms with Gasteiger partial charge in [0.1, 0.15) is 0 Å². The smallest absolute Gasteiger partial charge is 0.165 e. The number of hydrogen-bond acceptors (Lipinski definition) is 4. The first-order valence-electron chi connectivity index (χ1n) is 20.6. The minimum Gasteiger partial charge on any atom is -0.208 e. The highest BCUT2D eigenvalue weighted by Gasteiger charge is 2.19. The van der Waals surface area contributed by atoms with Crippen molar-refractivity contribution in [1.82, 2.24) is 15.0 Å². The number of hydrogen-bond donors (Lipinski definition) is 0. The Balaban J connectivity index is 1.01. The van der Waals surface area contributed by atoms with E-state index in [0.29, 0.717) is 17.5 Å². The summed E-state index contributed by atoms with van der Waals surface area (Å²) < 4.78 is 2.42. The van der Waals surface area contributed by atoms with E-state index in [1.807, 2.05) is 0 Å². The second-order valence-electron chi connectivity index (χ2n) is 15.5. The number of benzene rings is 10. The van der Waals surface area contributed by atoms with E-state index in [-0.39, 0.29) is 0 Å². The summed E-state index contributed by atoms with van der Waals surface area (Å²) in [6, 6.07) is 75.9. The van der Waals surface area contributed by atoms with E-state index >= 15 is 0 Å². The van der Waals surface area contributed by atoms with E-state index in [1.54, 1.807) is 11.3 Å². The predicted octanol–water partition coefficient (Wildman–Crippen LogP) is 15.7. The lowest BCUT2D eigenvalue weighted by Gasteiger charge is -2.14. The van der Waals surface area contributed by atoms with E-state index < -0.39 is 0 Å². The van der Waals surface area contributed by atoms with Crippen molar-refractivity contribution in [3.05, 3.63) is 212 Å². The van der Waals surface area contributed by atoms with Crippen LogP contribution in [0.15, 0.2) is 212 Å². The molecule has 0 fully saturated rings.